The second-order valence-electron chi connectivity index (χ2n) is 4.04. The first-order valence-corrected chi connectivity index (χ1v) is 7.28. The Morgan fingerprint density at radius 2 is 2.30 bits per heavy atom. The number of aliphatic hydroxyl groups is 1. The fraction of sp³-hybridized carbons (Fsp3) is 0.308. The van der Waals surface area contributed by atoms with Gasteiger partial charge in [0.25, 0.3) is 0 Å². The molecule has 7 heteroatoms. The number of aliphatic hydroxyl groups excluding tert-OH is 1. The lowest BCUT2D eigenvalue weighted by Gasteiger charge is -2.14. The van der Waals surface area contributed by atoms with Crippen molar-refractivity contribution >= 4 is 28.9 Å². The summed E-state index contributed by atoms with van der Waals surface area (Å²) in [5.74, 6) is 1.42. The standard InChI is InChI=1S/C13H16ClN3O2S/c1-15-13(16-7-9-3-2-6-19-9)17-8-10(18)11-4-5-12(14)20-11/h2-6,10,18H,7-8H2,1H3,(H2,15,16,17). The van der Waals surface area contributed by atoms with Crippen LogP contribution in [0.15, 0.2) is 39.9 Å². The van der Waals surface area contributed by atoms with Crippen molar-refractivity contribution in [3.8, 4) is 0 Å². The van der Waals surface area contributed by atoms with Crippen LogP contribution < -0.4 is 10.6 Å². The molecule has 0 aliphatic carbocycles. The zero-order valence-electron chi connectivity index (χ0n) is 11.0. The van der Waals surface area contributed by atoms with Crippen LogP contribution in [0.3, 0.4) is 0 Å². The highest BCUT2D eigenvalue weighted by atomic mass is 35.5. The number of nitrogens with zero attached hydrogens (tertiary/aromatic N) is 1. The second kappa shape index (κ2) is 7.33. The van der Waals surface area contributed by atoms with Gasteiger partial charge in [0.1, 0.15) is 11.9 Å². The number of nitrogens with one attached hydrogen (secondary N) is 2. The minimum absolute atomic E-state index is 0.356. The van der Waals surface area contributed by atoms with Gasteiger partial charge in [0, 0.05) is 18.5 Å². The van der Waals surface area contributed by atoms with Gasteiger partial charge in [0.2, 0.25) is 0 Å². The van der Waals surface area contributed by atoms with E-state index in [1.54, 1.807) is 19.4 Å². The van der Waals surface area contributed by atoms with E-state index in [0.29, 0.717) is 23.4 Å². The molecule has 0 aliphatic heterocycles. The number of furan rings is 1. The van der Waals surface area contributed by atoms with Gasteiger partial charge >= 0.3 is 0 Å². The van der Waals surface area contributed by atoms with Crippen LogP contribution in [0.2, 0.25) is 4.34 Å². The number of thiophene rings is 1. The van der Waals surface area contributed by atoms with Crippen molar-refractivity contribution < 1.29 is 9.52 Å². The number of halogens is 1. The monoisotopic (exact) mass is 313 g/mol. The van der Waals surface area contributed by atoms with Crippen molar-refractivity contribution in [2.75, 3.05) is 13.6 Å². The molecule has 2 rings (SSSR count). The number of hydrogen-bond donors (Lipinski definition) is 3. The SMILES string of the molecule is CN=C(NCc1ccco1)NCC(O)c1ccc(Cl)s1. The third-order valence-electron chi connectivity index (χ3n) is 2.62. The third-order valence-corrected chi connectivity index (χ3v) is 3.95. The molecule has 0 amide bonds. The number of guanidine groups is 1. The molecule has 108 valence electrons. The highest BCUT2D eigenvalue weighted by Crippen LogP contribution is 2.26. The Bertz CT molecular complexity index is 554. The summed E-state index contributed by atoms with van der Waals surface area (Å²) in [5, 5.41) is 16.2. The number of hydrogen-bond acceptors (Lipinski definition) is 4. The molecule has 1 unspecified atom stereocenters. The Morgan fingerprint density at radius 3 is 2.90 bits per heavy atom. The second-order valence-corrected chi connectivity index (χ2v) is 5.79. The van der Waals surface area contributed by atoms with Crippen LogP contribution in [0, 0.1) is 0 Å². The first kappa shape index (κ1) is 14.9. The van der Waals surface area contributed by atoms with Gasteiger partial charge in [-0.2, -0.15) is 0 Å². The van der Waals surface area contributed by atoms with E-state index in [2.05, 4.69) is 15.6 Å². The summed E-state index contributed by atoms with van der Waals surface area (Å²) in [7, 11) is 1.67. The van der Waals surface area contributed by atoms with E-state index < -0.39 is 6.10 Å². The van der Waals surface area contributed by atoms with Gasteiger partial charge in [-0.1, -0.05) is 11.6 Å². The van der Waals surface area contributed by atoms with Crippen LogP contribution in [0.5, 0.6) is 0 Å². The normalized spacial score (nSPS) is 13.2. The molecule has 20 heavy (non-hydrogen) atoms. The molecule has 1 atom stereocenters. The van der Waals surface area contributed by atoms with Gasteiger partial charge in [-0.3, -0.25) is 4.99 Å². The van der Waals surface area contributed by atoms with Crippen LogP contribution in [-0.2, 0) is 6.54 Å². The predicted octanol–water partition coefficient (Wildman–Crippen LogP) is 2.39. The molecule has 0 saturated carbocycles. The molecule has 0 fully saturated rings. The van der Waals surface area contributed by atoms with Crippen molar-refractivity contribution in [1.29, 1.82) is 0 Å². The van der Waals surface area contributed by atoms with Crippen LogP contribution in [-0.4, -0.2) is 24.7 Å². The smallest absolute Gasteiger partial charge is 0.191 e. The minimum Gasteiger partial charge on any atom is -0.467 e. The summed E-state index contributed by atoms with van der Waals surface area (Å²) in [5.41, 5.74) is 0. The molecule has 0 spiro atoms. The van der Waals surface area contributed by atoms with E-state index in [1.807, 2.05) is 18.2 Å². The van der Waals surface area contributed by atoms with Crippen molar-refractivity contribution in [1.82, 2.24) is 10.6 Å². The Labute approximate surface area is 126 Å². The summed E-state index contributed by atoms with van der Waals surface area (Å²) in [6.45, 7) is 0.891. The summed E-state index contributed by atoms with van der Waals surface area (Å²) >= 11 is 7.21. The molecule has 0 radical (unpaired) electrons. The van der Waals surface area contributed by atoms with E-state index in [0.717, 1.165) is 10.6 Å². The fourth-order valence-electron chi connectivity index (χ4n) is 1.61. The lowest BCUT2D eigenvalue weighted by Crippen LogP contribution is -2.38. The average molecular weight is 314 g/mol. The lowest BCUT2D eigenvalue weighted by molar-refractivity contribution is 0.184. The molecular weight excluding hydrogens is 298 g/mol. The van der Waals surface area contributed by atoms with Crippen LogP contribution >= 0.6 is 22.9 Å². The topological polar surface area (TPSA) is 69.8 Å². The predicted molar refractivity (Wildman–Crippen MR) is 81.2 cm³/mol. The van der Waals surface area contributed by atoms with Crippen LogP contribution in [0.1, 0.15) is 16.7 Å². The highest BCUT2D eigenvalue weighted by Gasteiger charge is 2.11. The largest absolute Gasteiger partial charge is 0.467 e. The maximum absolute atomic E-state index is 10.0. The van der Waals surface area contributed by atoms with E-state index in [4.69, 9.17) is 16.0 Å². The van der Waals surface area contributed by atoms with Gasteiger partial charge in [0.05, 0.1) is 17.1 Å². The molecule has 2 aromatic heterocycles. The molecule has 2 aromatic rings. The van der Waals surface area contributed by atoms with E-state index in [9.17, 15) is 5.11 Å². The van der Waals surface area contributed by atoms with Gasteiger partial charge in [-0.25, -0.2) is 0 Å². The van der Waals surface area contributed by atoms with Crippen molar-refractivity contribution in [2.45, 2.75) is 12.6 Å². The summed E-state index contributed by atoms with van der Waals surface area (Å²) < 4.78 is 5.88. The molecule has 0 aliphatic rings. The van der Waals surface area contributed by atoms with Crippen molar-refractivity contribution in [3.63, 3.8) is 0 Å². The van der Waals surface area contributed by atoms with Crippen LogP contribution in [0.4, 0.5) is 0 Å². The molecule has 3 N–H and O–H groups in total. The molecule has 2 heterocycles. The third kappa shape index (κ3) is 4.26. The van der Waals surface area contributed by atoms with Crippen molar-refractivity contribution in [2.24, 2.45) is 4.99 Å². The molecule has 0 bridgehead atoms. The summed E-state index contributed by atoms with van der Waals surface area (Å²) in [6.07, 6.45) is 1.01. The Balaban J connectivity index is 1.79. The number of rotatable bonds is 5. The first-order chi connectivity index (χ1) is 9.69. The molecule has 5 nitrogen and oxygen atoms in total. The fourth-order valence-corrected chi connectivity index (χ4v) is 2.65. The first-order valence-electron chi connectivity index (χ1n) is 6.09. The molecular formula is C13H16ClN3O2S. The molecule has 0 aromatic carbocycles. The number of aliphatic imine (C=N–C) groups is 1. The van der Waals surface area contributed by atoms with E-state index in [-0.39, 0.29) is 0 Å². The maximum Gasteiger partial charge on any atom is 0.191 e. The highest BCUT2D eigenvalue weighted by molar-refractivity contribution is 7.16. The quantitative estimate of drug-likeness (QED) is 0.585. The van der Waals surface area contributed by atoms with Gasteiger partial charge in [-0.15, -0.1) is 11.3 Å². The summed E-state index contributed by atoms with van der Waals surface area (Å²) in [6, 6.07) is 7.30. The summed E-state index contributed by atoms with van der Waals surface area (Å²) in [4.78, 5) is 4.90. The maximum atomic E-state index is 10.0. The average Bonchev–Trinajstić information content (AvgIpc) is 3.10. The van der Waals surface area contributed by atoms with Gasteiger partial charge in [-0.05, 0) is 24.3 Å². The Morgan fingerprint density at radius 1 is 1.45 bits per heavy atom. The lowest BCUT2D eigenvalue weighted by atomic mass is 10.3. The molecule has 0 saturated heterocycles. The van der Waals surface area contributed by atoms with E-state index >= 15 is 0 Å². The van der Waals surface area contributed by atoms with Crippen LogP contribution in [0.25, 0.3) is 0 Å². The zero-order chi connectivity index (χ0) is 14.4. The Hall–Kier alpha value is -1.50. The minimum atomic E-state index is -0.616. The van der Waals surface area contributed by atoms with Gasteiger partial charge < -0.3 is 20.2 Å². The zero-order valence-corrected chi connectivity index (χ0v) is 12.5. The van der Waals surface area contributed by atoms with E-state index in [1.165, 1.54) is 11.3 Å². The Kier molecular flexibility index (Phi) is 5.46. The van der Waals surface area contributed by atoms with Crippen molar-refractivity contribution in [3.05, 3.63) is 45.5 Å². The van der Waals surface area contributed by atoms with Gasteiger partial charge in [0.15, 0.2) is 5.96 Å².